The molecular weight excluding hydrogens is 544 g/mol. The quantitative estimate of drug-likeness (QED) is 0.176. The predicted molar refractivity (Wildman–Crippen MR) is 193 cm³/mol. The molecule has 1 heterocycles. The van der Waals surface area contributed by atoms with Gasteiger partial charge in [-0.3, -0.25) is 0 Å². The Morgan fingerprint density at radius 1 is 0.622 bits per heavy atom. The first-order valence-corrected chi connectivity index (χ1v) is 14.2. The van der Waals surface area contributed by atoms with Crippen LogP contribution in [0.5, 0.6) is 0 Å². The molecule has 0 saturated heterocycles. The number of rotatable bonds is 6. The Balaban J connectivity index is 1.69. The third-order valence-corrected chi connectivity index (χ3v) is 7.34. The van der Waals surface area contributed by atoms with Gasteiger partial charge in [-0.05, 0) is 67.9 Å². The van der Waals surface area contributed by atoms with Crippen molar-refractivity contribution in [2.75, 3.05) is 0 Å². The largest absolute Gasteiger partial charge is 0.456 e. The lowest BCUT2D eigenvalue weighted by atomic mass is 9.92. The number of hydrogen-bond acceptors (Lipinski definition) is 1. The standard InChI is InChI=1S/C44H32O/c1-32(18-12-13-21-33-19-6-4-7-20-33)36-24-10-2-3-11-25-37(39-27-15-14-26-38(36)39)35-30-41(34-22-8-5-9-23-34)44-40-28-16-17-29-42(40)45-43(44)31-35/h2-31H,1H2/b3-2?,10-2?,11-3?,18-12-,21-13+,24-10?,25-11?,36-24?,37-25?,38-36?,39-37?/i1D,2D,3D,10D,11D,12D,13D,14D,15D,18D,26D,27D/b3-2?,10-2?,11-3?,18-12-,21-13+,24-10?,25-11?,32-1?,36-24?,37-25?,38-36?,39-37?. The van der Waals surface area contributed by atoms with E-state index < -0.39 is 60.4 Å². The zero-order valence-corrected chi connectivity index (χ0v) is 24.0. The van der Waals surface area contributed by atoms with E-state index in [1.54, 1.807) is 42.5 Å². The van der Waals surface area contributed by atoms with Crippen LogP contribution in [0.1, 0.15) is 27.6 Å². The maximum atomic E-state index is 9.33. The van der Waals surface area contributed by atoms with E-state index in [4.69, 9.17) is 18.1 Å². The van der Waals surface area contributed by atoms with Gasteiger partial charge >= 0.3 is 0 Å². The van der Waals surface area contributed by atoms with Gasteiger partial charge in [0.15, 0.2) is 0 Å². The van der Waals surface area contributed by atoms with Crippen LogP contribution in [-0.4, -0.2) is 0 Å². The van der Waals surface area contributed by atoms with Gasteiger partial charge < -0.3 is 4.42 Å². The molecule has 0 amide bonds. The molecule has 0 atom stereocenters. The minimum absolute atomic E-state index is 0.0366. The summed E-state index contributed by atoms with van der Waals surface area (Å²) in [6.07, 6.45) is 1.37. The van der Waals surface area contributed by atoms with Crippen molar-refractivity contribution in [3.8, 4) is 22.3 Å². The summed E-state index contributed by atoms with van der Waals surface area (Å²) in [6.45, 7) is 0.705. The number of allylic oxidation sites excluding steroid dienone is 4. The highest BCUT2D eigenvalue weighted by Gasteiger charge is 2.16. The van der Waals surface area contributed by atoms with Gasteiger partial charge in [-0.15, -0.1) is 0 Å². The van der Waals surface area contributed by atoms with Crippen LogP contribution in [0.2, 0.25) is 0 Å². The summed E-state index contributed by atoms with van der Waals surface area (Å²) in [5, 5.41) is 1.15. The molecule has 7 rings (SSSR count). The van der Waals surface area contributed by atoms with E-state index >= 15 is 0 Å². The lowest BCUT2D eigenvalue weighted by Crippen LogP contribution is -1.86. The number of furan rings is 1. The van der Waals surface area contributed by atoms with Crippen molar-refractivity contribution in [1.82, 2.24) is 0 Å². The minimum atomic E-state index is -0.703. The molecule has 0 saturated carbocycles. The average Bonchev–Trinajstić information content (AvgIpc) is 3.61. The van der Waals surface area contributed by atoms with Crippen LogP contribution < -0.4 is 0 Å². The first-order valence-electron chi connectivity index (χ1n) is 20.3. The summed E-state index contributed by atoms with van der Waals surface area (Å²) < 4.78 is 113. The Bertz CT molecular complexity index is 2910. The van der Waals surface area contributed by atoms with Crippen molar-refractivity contribution in [2.45, 2.75) is 0 Å². The highest BCUT2D eigenvalue weighted by Crippen LogP contribution is 2.41. The monoisotopic (exact) mass is 588 g/mol. The molecule has 7 aromatic rings. The van der Waals surface area contributed by atoms with Gasteiger partial charge in [0.2, 0.25) is 0 Å². The molecule has 0 bridgehead atoms. The van der Waals surface area contributed by atoms with E-state index in [0.717, 1.165) is 22.4 Å². The van der Waals surface area contributed by atoms with Gasteiger partial charge in [0.1, 0.15) is 11.2 Å². The SMILES string of the molecule is [2H]C=C(/C([2H])=C([2H])\C([2H])=C\c1ccccc1)c1cc([2H])c([2H])c([2H])c([2H])cc(-c2cc(-c3ccccc3)c3c(c2)oc2ccccc23)c2c([2H])c([2H])c([2H])c([2H])c12. The summed E-state index contributed by atoms with van der Waals surface area (Å²) in [6, 6.07) is 24.7. The van der Waals surface area contributed by atoms with Crippen molar-refractivity contribution in [1.29, 1.82) is 0 Å². The van der Waals surface area contributed by atoms with Crippen molar-refractivity contribution in [3.63, 3.8) is 0 Å². The first-order chi connectivity index (χ1) is 27.3. The Morgan fingerprint density at radius 2 is 1.36 bits per heavy atom. The molecule has 1 heteroatoms. The second-order valence-corrected chi connectivity index (χ2v) is 10.1. The summed E-state index contributed by atoms with van der Waals surface area (Å²) in [7, 11) is 0. The van der Waals surface area contributed by atoms with Crippen LogP contribution in [0.3, 0.4) is 0 Å². The van der Waals surface area contributed by atoms with E-state index in [0.29, 0.717) is 34.4 Å². The number of hydrogen-bond donors (Lipinski definition) is 0. The summed E-state index contributed by atoms with van der Waals surface area (Å²) in [5.74, 6) is 0. The van der Waals surface area contributed by atoms with Crippen molar-refractivity contribution < 1.29 is 20.9 Å². The topological polar surface area (TPSA) is 13.1 Å². The highest BCUT2D eigenvalue weighted by atomic mass is 16.3. The fraction of sp³-hybridized carbons (Fsp3) is 0. The average molecular weight is 589 g/mol. The van der Waals surface area contributed by atoms with Gasteiger partial charge in [-0.25, -0.2) is 0 Å². The number of fused-ring (bicyclic) bond motifs is 4. The Morgan fingerprint density at radius 3 is 2.18 bits per heavy atom. The molecule has 6 aromatic carbocycles. The van der Waals surface area contributed by atoms with Crippen LogP contribution in [0.4, 0.5) is 0 Å². The van der Waals surface area contributed by atoms with Crippen LogP contribution in [-0.2, 0) is 0 Å². The lowest BCUT2D eigenvalue weighted by molar-refractivity contribution is 0.669. The van der Waals surface area contributed by atoms with E-state index in [9.17, 15) is 2.74 Å². The van der Waals surface area contributed by atoms with E-state index in [-0.39, 0.29) is 33.5 Å². The third kappa shape index (κ3) is 5.85. The van der Waals surface area contributed by atoms with Gasteiger partial charge in [0.05, 0.1) is 16.4 Å². The number of para-hydroxylation sites is 1. The summed E-state index contributed by atoms with van der Waals surface area (Å²) in [4.78, 5) is 0. The van der Waals surface area contributed by atoms with Crippen LogP contribution >= 0.6 is 0 Å². The lowest BCUT2D eigenvalue weighted by Gasteiger charge is -2.11. The molecule has 214 valence electrons. The molecule has 0 aliphatic heterocycles. The first kappa shape index (κ1) is 17.4. The van der Waals surface area contributed by atoms with E-state index in [1.165, 1.54) is 12.1 Å². The third-order valence-electron chi connectivity index (χ3n) is 7.34. The predicted octanol–water partition coefficient (Wildman–Crippen LogP) is 12.5. The smallest absolute Gasteiger partial charge is 0.136 e. The van der Waals surface area contributed by atoms with Gasteiger partial charge in [0, 0.05) is 10.8 Å². The van der Waals surface area contributed by atoms with E-state index in [2.05, 4.69) is 0 Å². The maximum Gasteiger partial charge on any atom is 0.136 e. The van der Waals surface area contributed by atoms with Crippen LogP contribution in [0.15, 0.2) is 187 Å². The fourth-order valence-corrected chi connectivity index (χ4v) is 5.28. The molecule has 0 fully saturated rings. The Kier molecular flexibility index (Phi) is 4.93. The maximum absolute atomic E-state index is 9.33. The molecule has 0 aliphatic rings. The minimum Gasteiger partial charge on any atom is -0.456 e. The second kappa shape index (κ2) is 12.8. The molecule has 1 aromatic heterocycles. The summed E-state index contributed by atoms with van der Waals surface area (Å²) >= 11 is 0. The molecule has 0 N–H and O–H groups in total. The Hall–Kier alpha value is -5.92. The summed E-state index contributed by atoms with van der Waals surface area (Å²) in [5.41, 5.74) is 2.79. The molecular formula is C44H32O. The van der Waals surface area contributed by atoms with E-state index in [1.807, 2.05) is 54.6 Å². The fourth-order valence-electron chi connectivity index (χ4n) is 5.28. The normalized spacial score (nSPS) is 16.4. The molecule has 0 aliphatic carbocycles. The van der Waals surface area contributed by atoms with Crippen molar-refractivity contribution >= 4 is 44.4 Å². The molecule has 1 nitrogen and oxygen atoms in total. The van der Waals surface area contributed by atoms with Crippen LogP contribution in [0, 0.1) is 0 Å². The molecule has 0 unspecified atom stereocenters. The van der Waals surface area contributed by atoms with Crippen molar-refractivity contribution in [2.24, 2.45) is 0 Å². The zero-order chi connectivity index (χ0) is 40.7. The Labute approximate surface area is 280 Å². The number of benzene rings is 5. The highest BCUT2D eigenvalue weighted by molar-refractivity contribution is 6.14. The molecule has 0 spiro atoms. The van der Waals surface area contributed by atoms with Gasteiger partial charge in [0.25, 0.3) is 0 Å². The van der Waals surface area contributed by atoms with Gasteiger partial charge in [-0.2, -0.15) is 0 Å². The van der Waals surface area contributed by atoms with Gasteiger partial charge in [-0.1, -0.05) is 170 Å². The second-order valence-electron chi connectivity index (χ2n) is 10.1. The van der Waals surface area contributed by atoms with Crippen LogP contribution in [0.25, 0.3) is 66.6 Å². The molecule has 0 radical (unpaired) electrons. The van der Waals surface area contributed by atoms with Crippen molar-refractivity contribution in [3.05, 3.63) is 193 Å². The zero-order valence-electron chi connectivity index (χ0n) is 36.0. The molecule has 45 heavy (non-hydrogen) atoms.